The fourth-order valence-corrected chi connectivity index (χ4v) is 3.37. The van der Waals surface area contributed by atoms with Crippen LogP contribution < -0.4 is 5.73 Å². The summed E-state index contributed by atoms with van der Waals surface area (Å²) >= 11 is 4.73. The van der Waals surface area contributed by atoms with E-state index in [1.807, 2.05) is 0 Å². The van der Waals surface area contributed by atoms with Gasteiger partial charge in [0.2, 0.25) is 10.0 Å². The van der Waals surface area contributed by atoms with Gasteiger partial charge < -0.3 is 10.5 Å². The fourth-order valence-electron chi connectivity index (χ4n) is 1.68. The molecule has 1 aromatic rings. The second kappa shape index (κ2) is 7.07. The van der Waals surface area contributed by atoms with Gasteiger partial charge in [0.15, 0.2) is 0 Å². The molecule has 0 aliphatic carbocycles. The first-order valence-electron chi connectivity index (χ1n) is 5.86. The van der Waals surface area contributed by atoms with Gasteiger partial charge in [0.1, 0.15) is 10.8 Å². The number of ether oxygens (including phenoxy) is 1. The number of hydrogen-bond donors (Lipinski definition) is 1. The molecule has 0 bridgehead atoms. The lowest BCUT2D eigenvalue weighted by atomic mass is 10.2. The van der Waals surface area contributed by atoms with Crippen molar-refractivity contribution in [3.63, 3.8) is 0 Å². The molecule has 0 aliphatic rings. The first-order valence-corrected chi connectivity index (χ1v) is 7.70. The summed E-state index contributed by atoms with van der Waals surface area (Å²) in [4.78, 5) is -0.503. The van der Waals surface area contributed by atoms with E-state index < -0.39 is 15.8 Å². The van der Waals surface area contributed by atoms with Crippen molar-refractivity contribution < 1.29 is 17.5 Å². The van der Waals surface area contributed by atoms with Crippen LogP contribution in [0, 0.1) is 5.82 Å². The lowest BCUT2D eigenvalue weighted by Gasteiger charge is -2.19. The second-order valence-electron chi connectivity index (χ2n) is 4.15. The second-order valence-corrected chi connectivity index (χ2v) is 6.60. The SMILES string of the molecule is COCCCN(C)S(=O)(=O)c1cccc(F)c1C(N)=S. The molecule has 0 aliphatic heterocycles. The Kier molecular flexibility index (Phi) is 6.00. The van der Waals surface area contributed by atoms with E-state index in [4.69, 9.17) is 22.7 Å². The van der Waals surface area contributed by atoms with Crippen molar-refractivity contribution in [3.8, 4) is 0 Å². The number of thiocarbonyl (C=S) groups is 1. The number of benzene rings is 1. The van der Waals surface area contributed by atoms with Crippen molar-refractivity contribution in [1.82, 2.24) is 4.31 Å². The molecule has 1 rings (SSSR count). The topological polar surface area (TPSA) is 72.6 Å². The number of hydrogen-bond acceptors (Lipinski definition) is 4. The van der Waals surface area contributed by atoms with Gasteiger partial charge in [-0.1, -0.05) is 18.3 Å². The molecule has 1 aromatic carbocycles. The largest absolute Gasteiger partial charge is 0.389 e. The highest BCUT2D eigenvalue weighted by Gasteiger charge is 2.26. The summed E-state index contributed by atoms with van der Waals surface area (Å²) in [5, 5.41) is 0. The zero-order chi connectivity index (χ0) is 15.3. The molecule has 0 heterocycles. The molecule has 0 aromatic heterocycles. The number of halogens is 1. The van der Waals surface area contributed by atoms with Crippen LogP contribution in [-0.4, -0.2) is 45.0 Å². The molecule has 5 nitrogen and oxygen atoms in total. The zero-order valence-electron chi connectivity index (χ0n) is 11.3. The van der Waals surface area contributed by atoms with E-state index in [9.17, 15) is 12.8 Å². The quantitative estimate of drug-likeness (QED) is 0.602. The third-order valence-corrected chi connectivity index (χ3v) is 4.83. The van der Waals surface area contributed by atoms with Gasteiger partial charge in [-0.25, -0.2) is 17.1 Å². The van der Waals surface area contributed by atoms with Crippen LogP contribution in [0.1, 0.15) is 12.0 Å². The van der Waals surface area contributed by atoms with Crippen LogP contribution in [0.25, 0.3) is 0 Å². The molecular weight excluding hydrogens is 303 g/mol. The number of methoxy groups -OCH3 is 1. The molecule has 0 unspecified atom stereocenters. The summed E-state index contributed by atoms with van der Waals surface area (Å²) < 4.78 is 44.5. The zero-order valence-corrected chi connectivity index (χ0v) is 12.9. The molecule has 0 saturated carbocycles. The summed E-state index contributed by atoms with van der Waals surface area (Å²) in [6.45, 7) is 0.689. The number of rotatable bonds is 7. The first-order chi connectivity index (χ1) is 9.32. The maximum absolute atomic E-state index is 13.7. The Morgan fingerprint density at radius 2 is 2.15 bits per heavy atom. The van der Waals surface area contributed by atoms with Gasteiger partial charge in [0.25, 0.3) is 0 Å². The molecule has 8 heteroatoms. The predicted octanol–water partition coefficient (Wildman–Crippen LogP) is 1.12. The summed E-state index contributed by atoms with van der Waals surface area (Å²) in [6, 6.07) is 3.73. The molecule has 20 heavy (non-hydrogen) atoms. The lowest BCUT2D eigenvalue weighted by Crippen LogP contribution is -2.31. The summed E-state index contributed by atoms with van der Waals surface area (Å²) in [7, 11) is -0.898. The normalized spacial score (nSPS) is 11.8. The van der Waals surface area contributed by atoms with E-state index in [0.717, 1.165) is 10.4 Å². The van der Waals surface area contributed by atoms with Crippen molar-refractivity contribution in [2.24, 2.45) is 5.73 Å². The molecule has 0 fully saturated rings. The number of nitrogens with two attached hydrogens (primary N) is 1. The number of nitrogens with zero attached hydrogens (tertiary/aromatic N) is 1. The molecule has 0 amide bonds. The standard InChI is InChI=1S/C12H17FN2O3S2/c1-15(7-4-8-18-2)20(16,17)10-6-3-5-9(13)11(10)12(14)19/h3,5-6H,4,7-8H2,1-2H3,(H2,14,19). The molecule has 112 valence electrons. The van der Waals surface area contributed by atoms with Gasteiger partial charge in [0, 0.05) is 27.3 Å². The monoisotopic (exact) mass is 320 g/mol. The number of sulfonamides is 1. The maximum atomic E-state index is 13.7. The lowest BCUT2D eigenvalue weighted by molar-refractivity contribution is 0.189. The Hall–Kier alpha value is -1.09. The van der Waals surface area contributed by atoms with E-state index in [0.29, 0.717) is 13.0 Å². The minimum absolute atomic E-state index is 0.218. The molecule has 0 spiro atoms. The Balaban J connectivity index is 3.16. The van der Waals surface area contributed by atoms with Gasteiger partial charge >= 0.3 is 0 Å². The fraction of sp³-hybridized carbons (Fsp3) is 0.417. The minimum Gasteiger partial charge on any atom is -0.389 e. The molecule has 0 saturated heterocycles. The molecule has 2 N–H and O–H groups in total. The van der Waals surface area contributed by atoms with E-state index in [1.54, 1.807) is 0 Å². The van der Waals surface area contributed by atoms with Crippen LogP contribution in [0.15, 0.2) is 23.1 Å². The van der Waals surface area contributed by atoms with Crippen molar-refractivity contribution in [3.05, 3.63) is 29.6 Å². The highest BCUT2D eigenvalue weighted by Crippen LogP contribution is 2.22. The summed E-state index contributed by atoms with van der Waals surface area (Å²) in [5.41, 5.74) is 5.17. The Labute approximate surface area is 123 Å². The highest BCUT2D eigenvalue weighted by molar-refractivity contribution is 7.89. The molecule has 0 radical (unpaired) electrons. The molecule has 0 atom stereocenters. The predicted molar refractivity (Wildman–Crippen MR) is 78.6 cm³/mol. The summed E-state index contributed by atoms with van der Waals surface area (Å²) in [5.74, 6) is -0.746. The van der Waals surface area contributed by atoms with E-state index in [2.05, 4.69) is 0 Å². The Morgan fingerprint density at radius 3 is 2.70 bits per heavy atom. The van der Waals surface area contributed by atoms with E-state index >= 15 is 0 Å². The van der Waals surface area contributed by atoms with Gasteiger partial charge in [-0.2, -0.15) is 0 Å². The van der Waals surface area contributed by atoms with Crippen molar-refractivity contribution in [2.75, 3.05) is 27.3 Å². The smallest absolute Gasteiger partial charge is 0.243 e. The van der Waals surface area contributed by atoms with E-state index in [-0.39, 0.29) is 22.0 Å². The van der Waals surface area contributed by atoms with Crippen LogP contribution in [0.4, 0.5) is 4.39 Å². The van der Waals surface area contributed by atoms with Gasteiger partial charge in [0.05, 0.1) is 10.5 Å². The third kappa shape index (κ3) is 3.72. The van der Waals surface area contributed by atoms with Crippen LogP contribution in [0.2, 0.25) is 0 Å². The Morgan fingerprint density at radius 1 is 1.50 bits per heavy atom. The first kappa shape index (κ1) is 17.0. The van der Waals surface area contributed by atoms with Crippen LogP contribution in [-0.2, 0) is 14.8 Å². The van der Waals surface area contributed by atoms with Crippen molar-refractivity contribution in [1.29, 1.82) is 0 Å². The van der Waals surface area contributed by atoms with E-state index in [1.165, 1.54) is 26.3 Å². The van der Waals surface area contributed by atoms with Crippen molar-refractivity contribution >= 4 is 27.2 Å². The average molecular weight is 320 g/mol. The summed E-state index contributed by atoms with van der Waals surface area (Å²) in [6.07, 6.45) is 0.532. The van der Waals surface area contributed by atoms with Crippen LogP contribution in [0.5, 0.6) is 0 Å². The minimum atomic E-state index is -3.85. The van der Waals surface area contributed by atoms with Crippen molar-refractivity contribution in [2.45, 2.75) is 11.3 Å². The highest BCUT2D eigenvalue weighted by atomic mass is 32.2. The average Bonchev–Trinajstić information content (AvgIpc) is 2.38. The van der Waals surface area contributed by atoms with Crippen LogP contribution >= 0.6 is 12.2 Å². The van der Waals surface area contributed by atoms with Gasteiger partial charge in [-0.15, -0.1) is 0 Å². The van der Waals surface area contributed by atoms with Gasteiger partial charge in [-0.05, 0) is 18.6 Å². The maximum Gasteiger partial charge on any atom is 0.243 e. The van der Waals surface area contributed by atoms with Crippen LogP contribution in [0.3, 0.4) is 0 Å². The van der Waals surface area contributed by atoms with Gasteiger partial charge in [-0.3, -0.25) is 0 Å². The molecular formula is C12H17FN2O3S2. The Bertz CT molecular complexity index is 590. The third-order valence-electron chi connectivity index (χ3n) is 2.73.